The zero-order chi connectivity index (χ0) is 15.5. The summed E-state index contributed by atoms with van der Waals surface area (Å²) in [5, 5.41) is 4.26. The van der Waals surface area contributed by atoms with Gasteiger partial charge < -0.3 is 10.1 Å². The third-order valence-electron chi connectivity index (χ3n) is 3.21. The van der Waals surface area contributed by atoms with Gasteiger partial charge in [-0.05, 0) is 33.6 Å². The molecule has 1 aliphatic rings. The Kier molecular flexibility index (Phi) is 4.74. The van der Waals surface area contributed by atoms with Crippen LogP contribution in [0.25, 0.3) is 0 Å². The van der Waals surface area contributed by atoms with E-state index in [1.807, 2.05) is 0 Å². The van der Waals surface area contributed by atoms with Crippen LogP contribution in [0, 0.1) is 0 Å². The van der Waals surface area contributed by atoms with E-state index in [4.69, 9.17) is 10.6 Å². The van der Waals surface area contributed by atoms with Crippen LogP contribution in [0.5, 0.6) is 0 Å². The van der Waals surface area contributed by atoms with E-state index < -0.39 is 11.7 Å². The molecule has 1 amide bonds. The molecule has 2 rings (SSSR count). The SMILES string of the molecule is CC(C)(C)OC(=O)N(N)c1cnc(CNC2CCC2)cn1. The minimum Gasteiger partial charge on any atom is -0.442 e. The van der Waals surface area contributed by atoms with Crippen molar-refractivity contribution in [2.24, 2.45) is 5.84 Å². The molecule has 7 heteroatoms. The summed E-state index contributed by atoms with van der Waals surface area (Å²) in [6.07, 6.45) is 6.17. The van der Waals surface area contributed by atoms with Crippen LogP contribution in [-0.4, -0.2) is 27.7 Å². The normalized spacial score (nSPS) is 15.4. The van der Waals surface area contributed by atoms with Crippen LogP contribution in [0.15, 0.2) is 12.4 Å². The zero-order valence-electron chi connectivity index (χ0n) is 12.8. The highest BCUT2D eigenvalue weighted by molar-refractivity contribution is 5.84. The second-order valence-corrected chi connectivity index (χ2v) is 6.23. The molecule has 116 valence electrons. The van der Waals surface area contributed by atoms with Crippen LogP contribution in [0.2, 0.25) is 0 Å². The molecule has 1 fully saturated rings. The fourth-order valence-corrected chi connectivity index (χ4v) is 1.83. The zero-order valence-corrected chi connectivity index (χ0v) is 12.8. The first kappa shape index (κ1) is 15.7. The van der Waals surface area contributed by atoms with Crippen molar-refractivity contribution < 1.29 is 9.53 Å². The molecule has 21 heavy (non-hydrogen) atoms. The summed E-state index contributed by atoms with van der Waals surface area (Å²) in [7, 11) is 0. The highest BCUT2D eigenvalue weighted by Crippen LogP contribution is 2.18. The smallest absolute Gasteiger partial charge is 0.430 e. The van der Waals surface area contributed by atoms with Gasteiger partial charge in [-0.25, -0.2) is 15.6 Å². The van der Waals surface area contributed by atoms with E-state index in [0.29, 0.717) is 12.6 Å². The second kappa shape index (κ2) is 6.36. The largest absolute Gasteiger partial charge is 0.442 e. The number of hydrazine groups is 1. The molecule has 0 spiro atoms. The lowest BCUT2D eigenvalue weighted by Crippen LogP contribution is -2.42. The van der Waals surface area contributed by atoms with Crippen LogP contribution in [0.3, 0.4) is 0 Å². The third-order valence-corrected chi connectivity index (χ3v) is 3.21. The first-order chi connectivity index (χ1) is 9.85. The molecule has 0 aromatic carbocycles. The average molecular weight is 293 g/mol. The molecular formula is C14H23N5O2. The lowest BCUT2D eigenvalue weighted by molar-refractivity contribution is 0.0578. The predicted molar refractivity (Wildman–Crippen MR) is 79.4 cm³/mol. The first-order valence-corrected chi connectivity index (χ1v) is 7.17. The van der Waals surface area contributed by atoms with Gasteiger partial charge in [0.05, 0.1) is 18.1 Å². The molecule has 0 saturated heterocycles. The molecule has 1 aliphatic carbocycles. The summed E-state index contributed by atoms with van der Waals surface area (Å²) in [6, 6.07) is 0.597. The van der Waals surface area contributed by atoms with E-state index in [-0.39, 0.29) is 5.82 Å². The molecule has 0 aliphatic heterocycles. The minimum atomic E-state index is -0.655. The molecule has 0 atom stereocenters. The number of amides is 1. The lowest BCUT2D eigenvalue weighted by Gasteiger charge is -2.26. The number of hydrogen-bond donors (Lipinski definition) is 2. The van der Waals surface area contributed by atoms with Gasteiger partial charge in [0.15, 0.2) is 5.82 Å². The maximum atomic E-state index is 11.8. The Balaban J connectivity index is 1.89. The van der Waals surface area contributed by atoms with Gasteiger partial charge in [-0.1, -0.05) is 6.42 Å². The fourth-order valence-electron chi connectivity index (χ4n) is 1.83. The standard InChI is InChI=1S/C14H23N5O2/c1-14(2,3)21-13(20)19(15)12-9-17-11(8-18-12)7-16-10-5-4-6-10/h8-10,16H,4-7,15H2,1-3H3. The summed E-state index contributed by atoms with van der Waals surface area (Å²) in [6.45, 7) is 6.01. The summed E-state index contributed by atoms with van der Waals surface area (Å²) in [5.41, 5.74) is 0.220. The Morgan fingerprint density at radius 1 is 1.43 bits per heavy atom. The number of nitrogens with zero attached hydrogens (tertiary/aromatic N) is 3. The van der Waals surface area contributed by atoms with Gasteiger partial charge in [-0.2, -0.15) is 5.01 Å². The monoisotopic (exact) mass is 293 g/mol. The highest BCUT2D eigenvalue weighted by atomic mass is 16.6. The van der Waals surface area contributed by atoms with Crippen molar-refractivity contribution in [1.82, 2.24) is 15.3 Å². The van der Waals surface area contributed by atoms with E-state index in [2.05, 4.69) is 15.3 Å². The van der Waals surface area contributed by atoms with Gasteiger partial charge in [-0.3, -0.25) is 4.98 Å². The summed E-state index contributed by atoms with van der Waals surface area (Å²) < 4.78 is 5.17. The summed E-state index contributed by atoms with van der Waals surface area (Å²) in [4.78, 5) is 20.2. The predicted octanol–water partition coefficient (Wildman–Crippen LogP) is 1.73. The molecule has 0 unspecified atom stereocenters. The maximum Gasteiger partial charge on any atom is 0.430 e. The fraction of sp³-hybridized carbons (Fsp3) is 0.643. The van der Waals surface area contributed by atoms with Gasteiger partial charge in [-0.15, -0.1) is 0 Å². The van der Waals surface area contributed by atoms with Crippen molar-refractivity contribution >= 4 is 11.9 Å². The number of hydrogen-bond acceptors (Lipinski definition) is 6. The van der Waals surface area contributed by atoms with E-state index in [9.17, 15) is 4.79 Å². The number of anilines is 1. The number of nitrogens with one attached hydrogen (secondary N) is 1. The van der Waals surface area contributed by atoms with Gasteiger partial charge in [0.25, 0.3) is 0 Å². The summed E-state index contributed by atoms with van der Waals surface area (Å²) >= 11 is 0. The van der Waals surface area contributed by atoms with Gasteiger partial charge in [0, 0.05) is 12.6 Å². The summed E-state index contributed by atoms with van der Waals surface area (Å²) in [5.74, 6) is 5.95. The van der Waals surface area contributed by atoms with Crippen LogP contribution >= 0.6 is 0 Å². The van der Waals surface area contributed by atoms with Crippen LogP contribution in [0.4, 0.5) is 10.6 Å². The van der Waals surface area contributed by atoms with Crippen molar-refractivity contribution in [2.75, 3.05) is 5.01 Å². The molecule has 7 nitrogen and oxygen atoms in total. The molecule has 0 radical (unpaired) electrons. The van der Waals surface area contributed by atoms with E-state index in [1.165, 1.54) is 25.5 Å². The van der Waals surface area contributed by atoms with E-state index >= 15 is 0 Å². The maximum absolute atomic E-state index is 11.8. The van der Waals surface area contributed by atoms with Crippen LogP contribution < -0.4 is 16.2 Å². The Morgan fingerprint density at radius 2 is 2.14 bits per heavy atom. The van der Waals surface area contributed by atoms with Crippen molar-refractivity contribution in [2.45, 2.75) is 58.2 Å². The van der Waals surface area contributed by atoms with Crippen molar-refractivity contribution in [3.63, 3.8) is 0 Å². The molecule has 1 heterocycles. The molecule has 0 bridgehead atoms. The Hall–Kier alpha value is -1.73. The molecule has 1 saturated carbocycles. The van der Waals surface area contributed by atoms with Crippen molar-refractivity contribution in [3.8, 4) is 0 Å². The average Bonchev–Trinajstić information content (AvgIpc) is 2.35. The lowest BCUT2D eigenvalue weighted by atomic mass is 9.93. The van der Waals surface area contributed by atoms with Gasteiger partial charge in [0.1, 0.15) is 5.60 Å². The van der Waals surface area contributed by atoms with Crippen LogP contribution in [0.1, 0.15) is 45.7 Å². The number of carbonyl (C=O) groups is 1. The van der Waals surface area contributed by atoms with Crippen LogP contribution in [-0.2, 0) is 11.3 Å². The number of rotatable bonds is 4. The number of aromatic nitrogens is 2. The molecular weight excluding hydrogens is 270 g/mol. The second-order valence-electron chi connectivity index (χ2n) is 6.23. The topological polar surface area (TPSA) is 93.4 Å². The molecule has 3 N–H and O–H groups in total. The number of ether oxygens (including phenoxy) is 1. The Morgan fingerprint density at radius 3 is 2.62 bits per heavy atom. The molecule has 1 aromatic rings. The quantitative estimate of drug-likeness (QED) is 0.499. The Bertz CT molecular complexity index is 479. The van der Waals surface area contributed by atoms with Gasteiger partial charge in [0.2, 0.25) is 0 Å². The van der Waals surface area contributed by atoms with E-state index in [0.717, 1.165) is 10.7 Å². The minimum absolute atomic E-state index is 0.261. The first-order valence-electron chi connectivity index (χ1n) is 7.17. The van der Waals surface area contributed by atoms with Crippen molar-refractivity contribution in [3.05, 3.63) is 18.1 Å². The molecule has 1 aromatic heterocycles. The Labute approximate surface area is 124 Å². The van der Waals surface area contributed by atoms with Crippen molar-refractivity contribution in [1.29, 1.82) is 0 Å². The third kappa shape index (κ3) is 4.64. The number of carbonyl (C=O) groups excluding carboxylic acids is 1. The van der Waals surface area contributed by atoms with E-state index in [1.54, 1.807) is 27.0 Å². The highest BCUT2D eigenvalue weighted by Gasteiger charge is 2.22. The number of nitrogens with two attached hydrogens (primary N) is 1. The van der Waals surface area contributed by atoms with Gasteiger partial charge >= 0.3 is 6.09 Å².